The molecule has 9 nitrogen and oxygen atoms in total. The number of hydrogen-bond acceptors (Lipinski definition) is 6. The summed E-state index contributed by atoms with van der Waals surface area (Å²) in [4.78, 5) is 36.6. The fourth-order valence-electron chi connectivity index (χ4n) is 2.95. The Bertz CT molecular complexity index is 1130. The van der Waals surface area contributed by atoms with Crippen LogP contribution in [0.25, 0.3) is 0 Å². The van der Waals surface area contributed by atoms with E-state index in [1.165, 1.54) is 12.3 Å². The van der Waals surface area contributed by atoms with Gasteiger partial charge in [0.1, 0.15) is 17.5 Å². The van der Waals surface area contributed by atoms with Crippen LogP contribution in [0, 0.1) is 5.92 Å². The van der Waals surface area contributed by atoms with Gasteiger partial charge in [0.05, 0.1) is 11.2 Å². The number of halogens is 3. The average molecular weight is 602 g/mol. The Morgan fingerprint density at radius 3 is 2.42 bits per heavy atom. The molecule has 2 aromatic carbocycles. The molecule has 0 aliphatic carbocycles. The van der Waals surface area contributed by atoms with Crippen LogP contribution in [-0.2, 0) is 14.4 Å². The molecule has 194 valence electrons. The van der Waals surface area contributed by atoms with Crippen molar-refractivity contribution in [3.05, 3.63) is 56.5 Å². The van der Waals surface area contributed by atoms with Crippen LogP contribution in [0.4, 0.5) is 0 Å². The number of primary amides is 1. The summed E-state index contributed by atoms with van der Waals surface area (Å²) in [5.74, 6) is -0.890. The molecule has 0 heterocycles. The summed E-state index contributed by atoms with van der Waals surface area (Å²) in [7, 11) is 0. The van der Waals surface area contributed by atoms with E-state index in [1.54, 1.807) is 37.3 Å². The highest BCUT2D eigenvalue weighted by molar-refractivity contribution is 9.10. The van der Waals surface area contributed by atoms with E-state index < -0.39 is 29.9 Å². The normalized spacial score (nSPS) is 12.8. The Hall–Kier alpha value is -2.82. The van der Waals surface area contributed by atoms with Crippen molar-refractivity contribution in [3.8, 4) is 11.5 Å². The van der Waals surface area contributed by atoms with E-state index in [-0.39, 0.29) is 17.5 Å². The maximum atomic E-state index is 12.8. The minimum absolute atomic E-state index is 0.103. The third kappa shape index (κ3) is 9.67. The van der Waals surface area contributed by atoms with Gasteiger partial charge in [0.25, 0.3) is 17.7 Å². The Kier molecular flexibility index (Phi) is 11.5. The van der Waals surface area contributed by atoms with Crippen LogP contribution in [0.15, 0.2) is 46.0 Å². The molecule has 0 spiro atoms. The topological polar surface area (TPSA) is 132 Å². The fraction of sp³-hybridized carbons (Fsp3) is 0.333. The summed E-state index contributed by atoms with van der Waals surface area (Å²) in [6.07, 6.45) is 0.800. The van der Waals surface area contributed by atoms with E-state index in [0.717, 1.165) is 4.47 Å². The smallest absolute Gasteiger partial charge is 0.262 e. The third-order valence-electron chi connectivity index (χ3n) is 4.63. The van der Waals surface area contributed by atoms with Crippen LogP contribution >= 0.6 is 39.1 Å². The van der Waals surface area contributed by atoms with Gasteiger partial charge in [-0.1, -0.05) is 53.0 Å². The molecule has 12 heteroatoms. The van der Waals surface area contributed by atoms with Crippen LogP contribution < -0.4 is 25.9 Å². The summed E-state index contributed by atoms with van der Waals surface area (Å²) >= 11 is 15.4. The van der Waals surface area contributed by atoms with Gasteiger partial charge >= 0.3 is 0 Å². The van der Waals surface area contributed by atoms with Crippen molar-refractivity contribution < 1.29 is 23.9 Å². The maximum absolute atomic E-state index is 12.8. The quantitative estimate of drug-likeness (QED) is 0.249. The molecular weight excluding hydrogens is 575 g/mol. The van der Waals surface area contributed by atoms with Crippen LogP contribution in [0.2, 0.25) is 10.0 Å². The number of hydrogen-bond donors (Lipinski definition) is 3. The molecule has 2 atom stereocenters. The van der Waals surface area contributed by atoms with Crippen LogP contribution in [0.3, 0.4) is 0 Å². The van der Waals surface area contributed by atoms with Gasteiger partial charge in [-0.15, -0.1) is 0 Å². The minimum Gasteiger partial charge on any atom is -0.483 e. The standard InChI is InChI=1S/C24H27BrCl2N4O5/c1-13(2)8-19(30-23(33)14(3)36-21-7-5-17(26)10-18(21)27)24(34)31-29-11-15-9-16(25)4-6-20(15)35-12-22(28)32/h4-7,9-11,13-14,19H,8,12H2,1-3H3,(H2,28,32)(H,30,33)(H,31,34)/b29-11-/t14-,19-/m1/s1. The zero-order chi connectivity index (χ0) is 26.8. The van der Waals surface area contributed by atoms with E-state index in [2.05, 4.69) is 31.8 Å². The van der Waals surface area contributed by atoms with Gasteiger partial charge in [-0.05, 0) is 55.7 Å². The Morgan fingerprint density at radius 1 is 1.08 bits per heavy atom. The van der Waals surface area contributed by atoms with Gasteiger partial charge in [0, 0.05) is 15.1 Å². The lowest BCUT2D eigenvalue weighted by Gasteiger charge is -2.22. The molecule has 36 heavy (non-hydrogen) atoms. The lowest BCUT2D eigenvalue weighted by atomic mass is 10.0. The van der Waals surface area contributed by atoms with E-state index in [9.17, 15) is 14.4 Å². The number of hydrazone groups is 1. The molecule has 0 aliphatic rings. The summed E-state index contributed by atoms with van der Waals surface area (Å²) in [6, 6.07) is 8.84. The summed E-state index contributed by atoms with van der Waals surface area (Å²) in [5, 5.41) is 7.38. The summed E-state index contributed by atoms with van der Waals surface area (Å²) in [6.45, 7) is 5.09. The molecule has 2 rings (SSSR count). The molecular formula is C24H27BrCl2N4O5. The van der Waals surface area contributed by atoms with Gasteiger partial charge in [-0.25, -0.2) is 5.43 Å². The van der Waals surface area contributed by atoms with Crippen molar-refractivity contribution >= 4 is 63.1 Å². The van der Waals surface area contributed by atoms with E-state index in [1.807, 2.05) is 13.8 Å². The first-order valence-corrected chi connectivity index (χ1v) is 12.5. The number of ether oxygens (including phenoxy) is 2. The third-order valence-corrected chi connectivity index (χ3v) is 5.65. The monoisotopic (exact) mass is 600 g/mol. The van der Waals surface area contributed by atoms with Gasteiger partial charge in [0.2, 0.25) is 0 Å². The van der Waals surface area contributed by atoms with Crippen molar-refractivity contribution in [2.45, 2.75) is 39.3 Å². The van der Waals surface area contributed by atoms with Gasteiger partial charge in [-0.3, -0.25) is 14.4 Å². The molecule has 0 saturated heterocycles. The predicted octanol–water partition coefficient (Wildman–Crippen LogP) is 4.07. The van der Waals surface area contributed by atoms with Crippen molar-refractivity contribution in [3.63, 3.8) is 0 Å². The van der Waals surface area contributed by atoms with E-state index in [4.69, 9.17) is 38.4 Å². The first-order chi connectivity index (χ1) is 17.0. The first kappa shape index (κ1) is 29.4. The number of nitrogens with two attached hydrogens (primary N) is 1. The number of benzene rings is 2. The zero-order valence-electron chi connectivity index (χ0n) is 19.9. The van der Waals surface area contributed by atoms with Crippen LogP contribution in [-0.4, -0.2) is 42.7 Å². The number of carbonyl (C=O) groups excluding carboxylic acids is 3. The molecule has 2 aromatic rings. The number of carbonyl (C=O) groups is 3. The van der Waals surface area contributed by atoms with Crippen LogP contribution in [0.5, 0.6) is 11.5 Å². The maximum Gasteiger partial charge on any atom is 0.262 e. The van der Waals surface area contributed by atoms with Crippen molar-refractivity contribution in [2.75, 3.05) is 6.61 Å². The molecule has 0 unspecified atom stereocenters. The Balaban J connectivity index is 2.06. The number of nitrogens with one attached hydrogen (secondary N) is 2. The predicted molar refractivity (Wildman–Crippen MR) is 143 cm³/mol. The first-order valence-electron chi connectivity index (χ1n) is 10.9. The number of amides is 3. The fourth-order valence-corrected chi connectivity index (χ4v) is 3.78. The molecule has 0 saturated carbocycles. The zero-order valence-corrected chi connectivity index (χ0v) is 23.0. The highest BCUT2D eigenvalue weighted by atomic mass is 79.9. The highest BCUT2D eigenvalue weighted by Crippen LogP contribution is 2.28. The molecule has 0 aliphatic heterocycles. The molecule has 0 radical (unpaired) electrons. The largest absolute Gasteiger partial charge is 0.483 e. The number of rotatable bonds is 12. The summed E-state index contributed by atoms with van der Waals surface area (Å²) < 4.78 is 11.7. The van der Waals surface area contributed by atoms with E-state index in [0.29, 0.717) is 28.5 Å². The average Bonchev–Trinajstić information content (AvgIpc) is 2.79. The Labute approximate surface area is 227 Å². The summed E-state index contributed by atoms with van der Waals surface area (Å²) in [5.41, 5.74) is 8.06. The van der Waals surface area contributed by atoms with Gasteiger partial charge < -0.3 is 20.5 Å². The SMILES string of the molecule is CC(C)C[C@@H](NC(=O)[C@@H](C)Oc1ccc(Cl)cc1Cl)C(=O)N/N=C\c1cc(Br)ccc1OCC(N)=O. The van der Waals surface area contributed by atoms with Gasteiger partial charge in [0.15, 0.2) is 12.7 Å². The van der Waals surface area contributed by atoms with Crippen molar-refractivity contribution in [1.82, 2.24) is 10.7 Å². The van der Waals surface area contributed by atoms with Crippen molar-refractivity contribution in [1.29, 1.82) is 0 Å². The molecule has 3 amide bonds. The lowest BCUT2D eigenvalue weighted by molar-refractivity contribution is -0.132. The van der Waals surface area contributed by atoms with Crippen LogP contribution in [0.1, 0.15) is 32.8 Å². The van der Waals surface area contributed by atoms with Gasteiger partial charge in [-0.2, -0.15) is 5.10 Å². The number of nitrogens with zero attached hydrogens (tertiary/aromatic N) is 1. The second kappa shape index (κ2) is 14.1. The second-order valence-electron chi connectivity index (χ2n) is 8.20. The van der Waals surface area contributed by atoms with E-state index >= 15 is 0 Å². The minimum atomic E-state index is -0.929. The lowest BCUT2D eigenvalue weighted by Crippen LogP contribution is -2.49. The molecule has 4 N–H and O–H groups in total. The molecule has 0 fully saturated rings. The highest BCUT2D eigenvalue weighted by Gasteiger charge is 2.25. The Morgan fingerprint density at radius 2 is 1.78 bits per heavy atom. The molecule has 0 bridgehead atoms. The van der Waals surface area contributed by atoms with Crippen molar-refractivity contribution in [2.24, 2.45) is 16.8 Å². The molecule has 0 aromatic heterocycles. The second-order valence-corrected chi connectivity index (χ2v) is 9.96.